The van der Waals surface area contributed by atoms with Gasteiger partial charge in [0, 0.05) is 16.3 Å². The van der Waals surface area contributed by atoms with Crippen LogP contribution in [-0.4, -0.2) is 28.5 Å². The first-order valence-electron chi connectivity index (χ1n) is 5.81. The van der Waals surface area contributed by atoms with Crippen LogP contribution < -0.4 is 5.32 Å². The van der Waals surface area contributed by atoms with Gasteiger partial charge in [-0.2, -0.15) is 0 Å². The van der Waals surface area contributed by atoms with E-state index < -0.39 is 24.4 Å². The van der Waals surface area contributed by atoms with Crippen LogP contribution in [0.5, 0.6) is 0 Å². The number of ether oxygens (including phenoxy) is 1. The molecular weight excluding hydrogens is 270 g/mol. The molecule has 3 N–H and O–H groups in total. The van der Waals surface area contributed by atoms with E-state index in [0.29, 0.717) is 11.3 Å². The minimum absolute atomic E-state index is 0.259. The predicted octanol–water partition coefficient (Wildman–Crippen LogP) is 2.71. The maximum Gasteiger partial charge on any atom is 0.412 e. The van der Waals surface area contributed by atoms with E-state index in [-0.39, 0.29) is 5.02 Å². The molecule has 1 unspecified atom stereocenters. The molecule has 0 heterocycles. The zero-order valence-corrected chi connectivity index (χ0v) is 11.9. The monoisotopic (exact) mass is 287 g/mol. The number of hydrogen-bond donors (Lipinski definition) is 3. The smallest absolute Gasteiger partial charge is 0.412 e. The Labute approximate surface area is 117 Å². The lowest BCUT2D eigenvalue weighted by Gasteiger charge is -2.20. The second-order valence-corrected chi connectivity index (χ2v) is 5.47. The van der Waals surface area contributed by atoms with Crippen LogP contribution in [0.1, 0.15) is 32.4 Å². The first-order valence-corrected chi connectivity index (χ1v) is 6.19. The summed E-state index contributed by atoms with van der Waals surface area (Å²) in [5.74, 6) is 0. The lowest BCUT2D eigenvalue weighted by Crippen LogP contribution is -2.27. The summed E-state index contributed by atoms with van der Waals surface area (Å²) in [5.41, 5.74) is 0.271. The highest BCUT2D eigenvalue weighted by Gasteiger charge is 2.17. The average Bonchev–Trinajstić information content (AvgIpc) is 2.25. The minimum atomic E-state index is -1.04. The Morgan fingerprint density at radius 2 is 2.11 bits per heavy atom. The van der Waals surface area contributed by atoms with Crippen LogP contribution >= 0.6 is 11.6 Å². The van der Waals surface area contributed by atoms with Gasteiger partial charge in [-0.25, -0.2) is 4.79 Å². The van der Waals surface area contributed by atoms with Crippen LogP contribution in [0.25, 0.3) is 0 Å². The SMILES string of the molecule is CC(C)(C)OC(=O)Nc1ccc(C(O)CO)c(Cl)c1. The Kier molecular flexibility index (Phi) is 5.17. The Bertz CT molecular complexity index is 456. The summed E-state index contributed by atoms with van der Waals surface area (Å²) in [5, 5.41) is 21.1. The van der Waals surface area contributed by atoms with Gasteiger partial charge >= 0.3 is 6.09 Å². The van der Waals surface area contributed by atoms with Crippen LogP contribution in [0.2, 0.25) is 5.02 Å². The van der Waals surface area contributed by atoms with E-state index in [0.717, 1.165) is 0 Å². The molecule has 1 atom stereocenters. The first-order chi connectivity index (χ1) is 8.73. The van der Waals surface area contributed by atoms with Crippen molar-refractivity contribution in [1.82, 2.24) is 0 Å². The van der Waals surface area contributed by atoms with Crippen molar-refractivity contribution in [1.29, 1.82) is 0 Å². The van der Waals surface area contributed by atoms with E-state index in [4.69, 9.17) is 21.4 Å². The number of carbonyl (C=O) groups is 1. The number of benzene rings is 1. The zero-order chi connectivity index (χ0) is 14.6. The van der Waals surface area contributed by atoms with E-state index in [2.05, 4.69) is 5.32 Å². The molecule has 0 fully saturated rings. The summed E-state index contributed by atoms with van der Waals surface area (Å²) >= 11 is 5.96. The van der Waals surface area contributed by atoms with Crippen molar-refractivity contribution in [2.75, 3.05) is 11.9 Å². The molecule has 5 nitrogen and oxygen atoms in total. The maximum absolute atomic E-state index is 11.5. The molecule has 0 radical (unpaired) electrons. The standard InChI is InChI=1S/C13H18ClNO4/c1-13(2,3)19-12(18)15-8-4-5-9(10(14)6-8)11(17)7-16/h4-6,11,16-17H,7H2,1-3H3,(H,15,18). The molecule has 19 heavy (non-hydrogen) atoms. The fraction of sp³-hybridized carbons (Fsp3) is 0.462. The molecule has 0 saturated heterocycles. The fourth-order valence-electron chi connectivity index (χ4n) is 1.39. The van der Waals surface area contributed by atoms with Gasteiger partial charge in [-0.1, -0.05) is 17.7 Å². The minimum Gasteiger partial charge on any atom is -0.444 e. The molecule has 0 aliphatic carbocycles. The third kappa shape index (κ3) is 5.06. The number of carbonyl (C=O) groups excluding carboxylic acids is 1. The second-order valence-electron chi connectivity index (χ2n) is 5.06. The van der Waals surface area contributed by atoms with Crippen molar-refractivity contribution >= 4 is 23.4 Å². The highest BCUT2D eigenvalue weighted by Crippen LogP contribution is 2.26. The molecule has 0 aromatic heterocycles. The lowest BCUT2D eigenvalue weighted by atomic mass is 10.1. The van der Waals surface area contributed by atoms with E-state index >= 15 is 0 Å². The number of halogens is 1. The van der Waals surface area contributed by atoms with Gasteiger partial charge < -0.3 is 14.9 Å². The molecule has 0 aliphatic heterocycles. The third-order valence-corrected chi connectivity index (χ3v) is 2.50. The highest BCUT2D eigenvalue weighted by molar-refractivity contribution is 6.31. The molecule has 1 aromatic rings. The second kappa shape index (κ2) is 6.23. The number of hydrogen-bond acceptors (Lipinski definition) is 4. The largest absolute Gasteiger partial charge is 0.444 e. The summed E-state index contributed by atoms with van der Waals surface area (Å²) in [6.07, 6.45) is -1.62. The quantitative estimate of drug-likeness (QED) is 0.799. The molecule has 0 spiro atoms. The van der Waals surface area contributed by atoms with Crippen molar-refractivity contribution in [3.8, 4) is 0 Å². The summed E-state index contributed by atoms with van der Waals surface area (Å²) in [6, 6.07) is 4.60. The van der Waals surface area contributed by atoms with Gasteiger partial charge in [0.2, 0.25) is 0 Å². The normalized spacial score (nSPS) is 12.9. The molecule has 0 aliphatic rings. The van der Waals surface area contributed by atoms with Crippen molar-refractivity contribution < 1.29 is 19.7 Å². The summed E-state index contributed by atoms with van der Waals surface area (Å²) < 4.78 is 5.10. The molecule has 6 heteroatoms. The molecule has 1 amide bonds. The highest BCUT2D eigenvalue weighted by atomic mass is 35.5. The lowest BCUT2D eigenvalue weighted by molar-refractivity contribution is 0.0636. The van der Waals surface area contributed by atoms with Crippen molar-refractivity contribution in [2.45, 2.75) is 32.5 Å². The van der Waals surface area contributed by atoms with Gasteiger partial charge in [-0.3, -0.25) is 5.32 Å². The topological polar surface area (TPSA) is 78.8 Å². The zero-order valence-electron chi connectivity index (χ0n) is 11.1. The summed E-state index contributed by atoms with van der Waals surface area (Å²) in [6.45, 7) is 4.87. The summed E-state index contributed by atoms with van der Waals surface area (Å²) in [4.78, 5) is 11.5. The molecule has 0 bridgehead atoms. The Balaban J connectivity index is 2.76. The van der Waals surface area contributed by atoms with Gasteiger partial charge in [0.15, 0.2) is 0 Å². The molecular formula is C13H18ClNO4. The van der Waals surface area contributed by atoms with Crippen molar-refractivity contribution in [3.63, 3.8) is 0 Å². The Morgan fingerprint density at radius 1 is 1.47 bits per heavy atom. The van der Waals surface area contributed by atoms with Gasteiger partial charge in [-0.15, -0.1) is 0 Å². The Hall–Kier alpha value is -1.30. The van der Waals surface area contributed by atoms with Crippen molar-refractivity contribution in [3.05, 3.63) is 28.8 Å². The Morgan fingerprint density at radius 3 is 2.58 bits per heavy atom. The maximum atomic E-state index is 11.5. The van der Waals surface area contributed by atoms with Gasteiger partial charge in [-0.05, 0) is 32.9 Å². The van der Waals surface area contributed by atoms with Crippen LogP contribution in [-0.2, 0) is 4.74 Å². The third-order valence-electron chi connectivity index (χ3n) is 2.18. The number of amides is 1. The van der Waals surface area contributed by atoms with Crippen LogP contribution in [0.15, 0.2) is 18.2 Å². The number of aliphatic hydroxyl groups is 2. The average molecular weight is 288 g/mol. The number of anilines is 1. The molecule has 1 rings (SSSR count). The molecule has 106 valence electrons. The van der Waals surface area contributed by atoms with Gasteiger partial charge in [0.25, 0.3) is 0 Å². The molecule has 1 aromatic carbocycles. The van der Waals surface area contributed by atoms with Gasteiger partial charge in [0.05, 0.1) is 6.61 Å². The number of aliphatic hydroxyl groups excluding tert-OH is 2. The van der Waals surface area contributed by atoms with E-state index in [1.807, 2.05) is 0 Å². The van der Waals surface area contributed by atoms with Crippen LogP contribution in [0, 0.1) is 0 Å². The van der Waals surface area contributed by atoms with E-state index in [1.54, 1.807) is 26.8 Å². The van der Waals surface area contributed by atoms with Crippen LogP contribution in [0.4, 0.5) is 10.5 Å². The van der Waals surface area contributed by atoms with Crippen molar-refractivity contribution in [2.24, 2.45) is 0 Å². The summed E-state index contributed by atoms with van der Waals surface area (Å²) in [7, 11) is 0. The van der Waals surface area contributed by atoms with Gasteiger partial charge in [0.1, 0.15) is 11.7 Å². The van der Waals surface area contributed by atoms with E-state index in [1.165, 1.54) is 12.1 Å². The number of nitrogens with one attached hydrogen (secondary N) is 1. The van der Waals surface area contributed by atoms with E-state index in [9.17, 15) is 9.90 Å². The fourth-order valence-corrected chi connectivity index (χ4v) is 1.70. The molecule has 0 saturated carbocycles. The number of rotatable bonds is 3. The van der Waals surface area contributed by atoms with Crippen LogP contribution in [0.3, 0.4) is 0 Å². The predicted molar refractivity (Wildman–Crippen MR) is 73.4 cm³/mol. The first kappa shape index (κ1) is 15.8.